The molecule has 0 heterocycles. The highest BCUT2D eigenvalue weighted by Crippen LogP contribution is 2.14. The van der Waals surface area contributed by atoms with E-state index in [0.717, 1.165) is 10.0 Å². The Labute approximate surface area is 172 Å². The zero-order valence-electron chi connectivity index (χ0n) is 15.7. The largest absolute Gasteiger partial charge is 0.469 e. The standard InChI is InChI=1S/C20H22BrN3O4/c1-24(13-14-3-7-16(21)8-4-14)20(27)23-17-9-5-15(6-10-17)19(26)22-12-11-18(25)28-2/h3-10H,11-13H2,1-2H3,(H,22,26)(H,23,27). The molecule has 28 heavy (non-hydrogen) atoms. The summed E-state index contributed by atoms with van der Waals surface area (Å²) < 4.78 is 5.50. The van der Waals surface area contributed by atoms with Gasteiger partial charge in [-0.1, -0.05) is 28.1 Å². The Morgan fingerprint density at radius 3 is 2.29 bits per heavy atom. The molecule has 0 aliphatic heterocycles. The quantitative estimate of drug-likeness (QED) is 0.636. The molecular formula is C20H22BrN3O4. The first kappa shape index (κ1) is 21.4. The summed E-state index contributed by atoms with van der Waals surface area (Å²) in [6.07, 6.45) is 0.112. The van der Waals surface area contributed by atoms with Gasteiger partial charge in [0.1, 0.15) is 0 Å². The maximum Gasteiger partial charge on any atom is 0.321 e. The normalized spacial score (nSPS) is 10.1. The van der Waals surface area contributed by atoms with E-state index >= 15 is 0 Å². The van der Waals surface area contributed by atoms with Crippen molar-refractivity contribution in [3.05, 3.63) is 64.1 Å². The topological polar surface area (TPSA) is 87.7 Å². The van der Waals surface area contributed by atoms with Crippen molar-refractivity contribution in [2.45, 2.75) is 13.0 Å². The van der Waals surface area contributed by atoms with Gasteiger partial charge in [-0.2, -0.15) is 0 Å². The van der Waals surface area contributed by atoms with Crippen LogP contribution in [-0.2, 0) is 16.1 Å². The minimum Gasteiger partial charge on any atom is -0.469 e. The minimum atomic E-state index is -0.384. The molecule has 0 saturated heterocycles. The first-order valence-electron chi connectivity index (χ1n) is 8.60. The number of methoxy groups -OCH3 is 1. The number of esters is 1. The van der Waals surface area contributed by atoms with Crippen LogP contribution in [0.5, 0.6) is 0 Å². The van der Waals surface area contributed by atoms with Crippen LogP contribution < -0.4 is 10.6 Å². The fourth-order valence-corrected chi connectivity index (χ4v) is 2.61. The average Bonchev–Trinajstić information content (AvgIpc) is 2.69. The number of hydrogen-bond acceptors (Lipinski definition) is 4. The number of ether oxygens (including phenoxy) is 1. The van der Waals surface area contributed by atoms with Crippen molar-refractivity contribution in [3.63, 3.8) is 0 Å². The van der Waals surface area contributed by atoms with Crippen molar-refractivity contribution in [1.29, 1.82) is 0 Å². The highest BCUT2D eigenvalue weighted by atomic mass is 79.9. The molecule has 0 spiro atoms. The van der Waals surface area contributed by atoms with Crippen LogP contribution in [0, 0.1) is 0 Å². The zero-order valence-corrected chi connectivity index (χ0v) is 17.3. The van der Waals surface area contributed by atoms with Gasteiger partial charge in [0.25, 0.3) is 5.91 Å². The summed E-state index contributed by atoms with van der Waals surface area (Å²) in [6, 6.07) is 14.0. The van der Waals surface area contributed by atoms with Crippen LogP contribution in [0.3, 0.4) is 0 Å². The van der Waals surface area contributed by atoms with Gasteiger partial charge in [-0.15, -0.1) is 0 Å². The van der Waals surface area contributed by atoms with E-state index in [0.29, 0.717) is 17.8 Å². The summed E-state index contributed by atoms with van der Waals surface area (Å²) in [4.78, 5) is 36.9. The Morgan fingerprint density at radius 2 is 1.68 bits per heavy atom. The Bertz CT molecular complexity index is 822. The zero-order chi connectivity index (χ0) is 20.5. The van der Waals surface area contributed by atoms with Crippen LogP contribution in [0.1, 0.15) is 22.3 Å². The van der Waals surface area contributed by atoms with Crippen LogP contribution in [0.2, 0.25) is 0 Å². The minimum absolute atomic E-state index is 0.112. The van der Waals surface area contributed by atoms with Crippen molar-refractivity contribution < 1.29 is 19.1 Å². The summed E-state index contributed by atoms with van der Waals surface area (Å²) in [6.45, 7) is 0.671. The van der Waals surface area contributed by atoms with E-state index in [-0.39, 0.29) is 30.9 Å². The molecule has 0 saturated carbocycles. The van der Waals surface area contributed by atoms with E-state index in [1.165, 1.54) is 7.11 Å². The van der Waals surface area contributed by atoms with Crippen molar-refractivity contribution in [3.8, 4) is 0 Å². The molecule has 0 unspecified atom stereocenters. The molecule has 8 heteroatoms. The Kier molecular flexibility index (Phi) is 8.01. The smallest absolute Gasteiger partial charge is 0.321 e. The van der Waals surface area contributed by atoms with Crippen LogP contribution in [-0.4, -0.2) is 43.5 Å². The second-order valence-corrected chi connectivity index (χ2v) is 6.99. The third-order valence-corrected chi connectivity index (χ3v) is 4.45. The van der Waals surface area contributed by atoms with Gasteiger partial charge in [0.05, 0.1) is 13.5 Å². The van der Waals surface area contributed by atoms with Crippen LogP contribution >= 0.6 is 15.9 Å². The van der Waals surface area contributed by atoms with Crippen molar-refractivity contribution in [2.75, 3.05) is 26.0 Å². The fraction of sp³-hybridized carbons (Fsp3) is 0.250. The monoisotopic (exact) mass is 447 g/mol. The number of halogens is 1. The van der Waals surface area contributed by atoms with Crippen molar-refractivity contribution in [1.82, 2.24) is 10.2 Å². The third-order valence-electron chi connectivity index (χ3n) is 3.92. The van der Waals surface area contributed by atoms with Crippen LogP contribution in [0.15, 0.2) is 53.0 Å². The molecule has 2 rings (SSSR count). The molecule has 0 atom stereocenters. The van der Waals surface area contributed by atoms with Gasteiger partial charge in [-0.25, -0.2) is 4.79 Å². The maximum atomic E-state index is 12.3. The lowest BCUT2D eigenvalue weighted by atomic mass is 10.2. The number of carbonyl (C=O) groups excluding carboxylic acids is 3. The van der Waals surface area contributed by atoms with Gasteiger partial charge < -0.3 is 20.3 Å². The second-order valence-electron chi connectivity index (χ2n) is 6.07. The molecule has 3 amide bonds. The Balaban J connectivity index is 1.85. The lowest BCUT2D eigenvalue weighted by molar-refractivity contribution is -0.140. The number of amides is 3. The maximum absolute atomic E-state index is 12.3. The molecular weight excluding hydrogens is 426 g/mol. The highest BCUT2D eigenvalue weighted by Gasteiger charge is 2.11. The molecule has 0 aliphatic carbocycles. The summed E-state index contributed by atoms with van der Waals surface area (Å²) in [7, 11) is 3.01. The number of benzene rings is 2. The highest BCUT2D eigenvalue weighted by molar-refractivity contribution is 9.10. The van der Waals surface area contributed by atoms with E-state index in [9.17, 15) is 14.4 Å². The SMILES string of the molecule is COC(=O)CCNC(=O)c1ccc(NC(=O)N(C)Cc2ccc(Br)cc2)cc1. The van der Waals surface area contributed by atoms with Crippen LogP contribution in [0.4, 0.5) is 10.5 Å². The average molecular weight is 448 g/mol. The third kappa shape index (κ3) is 6.70. The van der Waals surface area contributed by atoms with Gasteiger partial charge in [0.15, 0.2) is 0 Å². The number of rotatable bonds is 7. The van der Waals surface area contributed by atoms with E-state index < -0.39 is 0 Å². The number of urea groups is 1. The lowest BCUT2D eigenvalue weighted by Gasteiger charge is -2.18. The summed E-state index contributed by atoms with van der Waals surface area (Å²) in [5.41, 5.74) is 2.03. The van der Waals surface area contributed by atoms with Gasteiger partial charge in [-0.05, 0) is 42.0 Å². The molecule has 148 valence electrons. The number of hydrogen-bond donors (Lipinski definition) is 2. The second kappa shape index (κ2) is 10.5. The van der Waals surface area contributed by atoms with Crippen LogP contribution in [0.25, 0.3) is 0 Å². The predicted octanol–water partition coefficient (Wildman–Crippen LogP) is 3.41. The van der Waals surface area contributed by atoms with E-state index in [1.807, 2.05) is 24.3 Å². The van der Waals surface area contributed by atoms with Crippen molar-refractivity contribution in [2.24, 2.45) is 0 Å². The lowest BCUT2D eigenvalue weighted by Crippen LogP contribution is -2.30. The summed E-state index contributed by atoms with van der Waals surface area (Å²) in [5.74, 6) is -0.681. The molecule has 0 radical (unpaired) electrons. The van der Waals surface area contributed by atoms with Gasteiger partial charge in [0.2, 0.25) is 0 Å². The summed E-state index contributed by atoms with van der Waals surface area (Å²) in [5, 5.41) is 5.43. The molecule has 0 fully saturated rings. The Hall–Kier alpha value is -2.87. The predicted molar refractivity (Wildman–Crippen MR) is 110 cm³/mol. The Morgan fingerprint density at radius 1 is 1.04 bits per heavy atom. The molecule has 7 nitrogen and oxygen atoms in total. The number of carbonyl (C=O) groups is 3. The first-order valence-corrected chi connectivity index (χ1v) is 9.40. The van der Waals surface area contributed by atoms with Crippen molar-refractivity contribution >= 4 is 39.5 Å². The number of nitrogens with one attached hydrogen (secondary N) is 2. The van der Waals surface area contributed by atoms with E-state index in [2.05, 4.69) is 31.3 Å². The van der Waals surface area contributed by atoms with Gasteiger partial charge in [-0.3, -0.25) is 9.59 Å². The number of anilines is 1. The molecule has 0 aliphatic rings. The van der Waals surface area contributed by atoms with Gasteiger partial charge >= 0.3 is 12.0 Å². The van der Waals surface area contributed by atoms with E-state index in [4.69, 9.17) is 0 Å². The molecule has 0 aromatic heterocycles. The molecule has 2 aromatic carbocycles. The first-order chi connectivity index (χ1) is 13.4. The molecule has 2 aromatic rings. The molecule has 0 bridgehead atoms. The fourth-order valence-electron chi connectivity index (χ4n) is 2.34. The molecule has 2 N–H and O–H groups in total. The van der Waals surface area contributed by atoms with Gasteiger partial charge in [0, 0.05) is 35.9 Å². The number of nitrogens with zero attached hydrogens (tertiary/aromatic N) is 1. The van der Waals surface area contributed by atoms with E-state index in [1.54, 1.807) is 36.2 Å². The summed E-state index contributed by atoms with van der Waals surface area (Å²) >= 11 is 3.38.